The first-order chi connectivity index (χ1) is 8.33. The van der Waals surface area contributed by atoms with E-state index in [9.17, 15) is 18.0 Å². The second-order valence-electron chi connectivity index (χ2n) is 5.00. The Labute approximate surface area is 106 Å². The highest BCUT2D eigenvalue weighted by atomic mass is 19.4. The van der Waals surface area contributed by atoms with E-state index in [0.717, 1.165) is 17.7 Å². The van der Waals surface area contributed by atoms with E-state index in [2.05, 4.69) is 0 Å². The van der Waals surface area contributed by atoms with Gasteiger partial charge in [0.1, 0.15) is 6.54 Å². The fourth-order valence-electron chi connectivity index (χ4n) is 2.33. The lowest BCUT2D eigenvalue weighted by Gasteiger charge is -2.26. The van der Waals surface area contributed by atoms with Gasteiger partial charge >= 0.3 is 6.18 Å². The van der Waals surface area contributed by atoms with Crippen LogP contribution in [0, 0.1) is 5.92 Å². The fraction of sp³-hybridized carbons (Fsp3) is 0.917. The molecule has 1 saturated carbocycles. The SMILES string of the molecule is CCCCN(CC(F)(F)F)C(=O)[C@@H]1CC[C@@H](N)C1. The van der Waals surface area contributed by atoms with Crippen LogP contribution in [0.1, 0.15) is 39.0 Å². The molecule has 0 aromatic heterocycles. The van der Waals surface area contributed by atoms with Crippen molar-refractivity contribution in [2.24, 2.45) is 11.7 Å². The highest BCUT2D eigenvalue weighted by Gasteiger charge is 2.37. The van der Waals surface area contributed by atoms with Crippen LogP contribution in [-0.2, 0) is 4.79 Å². The molecule has 0 aliphatic heterocycles. The number of alkyl halides is 3. The van der Waals surface area contributed by atoms with Gasteiger partial charge in [0.25, 0.3) is 0 Å². The molecular weight excluding hydrogens is 245 g/mol. The predicted octanol–water partition coefficient (Wildman–Crippen LogP) is 2.30. The summed E-state index contributed by atoms with van der Waals surface area (Å²) >= 11 is 0. The van der Waals surface area contributed by atoms with E-state index < -0.39 is 12.7 Å². The van der Waals surface area contributed by atoms with Gasteiger partial charge in [-0.15, -0.1) is 0 Å². The summed E-state index contributed by atoms with van der Waals surface area (Å²) in [4.78, 5) is 13.0. The second kappa shape index (κ2) is 6.41. The topological polar surface area (TPSA) is 46.3 Å². The Hall–Kier alpha value is -0.780. The number of rotatable bonds is 5. The molecule has 6 heteroatoms. The number of nitrogens with two attached hydrogens (primary N) is 1. The molecule has 0 aromatic rings. The number of carbonyl (C=O) groups is 1. The van der Waals surface area contributed by atoms with Gasteiger partial charge in [0.15, 0.2) is 0 Å². The van der Waals surface area contributed by atoms with Crippen LogP contribution < -0.4 is 5.73 Å². The molecule has 106 valence electrons. The van der Waals surface area contributed by atoms with Crippen molar-refractivity contribution in [2.45, 2.75) is 51.2 Å². The zero-order valence-electron chi connectivity index (χ0n) is 10.7. The van der Waals surface area contributed by atoms with Crippen molar-refractivity contribution in [1.29, 1.82) is 0 Å². The summed E-state index contributed by atoms with van der Waals surface area (Å²) in [6, 6.07) is -0.0436. The van der Waals surface area contributed by atoms with Crippen LogP contribution in [0.25, 0.3) is 0 Å². The average molecular weight is 266 g/mol. The molecule has 0 radical (unpaired) electrons. The quantitative estimate of drug-likeness (QED) is 0.830. The van der Waals surface area contributed by atoms with E-state index in [1.54, 1.807) is 0 Å². The third-order valence-electron chi connectivity index (χ3n) is 3.29. The molecule has 3 nitrogen and oxygen atoms in total. The van der Waals surface area contributed by atoms with E-state index >= 15 is 0 Å². The molecule has 2 N–H and O–H groups in total. The number of unbranched alkanes of at least 4 members (excludes halogenated alkanes) is 1. The van der Waals surface area contributed by atoms with Gasteiger partial charge in [-0.25, -0.2) is 0 Å². The van der Waals surface area contributed by atoms with E-state index in [1.165, 1.54) is 0 Å². The van der Waals surface area contributed by atoms with Crippen molar-refractivity contribution in [3.63, 3.8) is 0 Å². The van der Waals surface area contributed by atoms with Crippen molar-refractivity contribution >= 4 is 5.91 Å². The van der Waals surface area contributed by atoms with Gasteiger partial charge in [0, 0.05) is 18.5 Å². The Kier molecular flexibility index (Phi) is 5.44. The molecular formula is C12H21F3N2O. The maximum atomic E-state index is 12.4. The molecule has 1 amide bonds. The van der Waals surface area contributed by atoms with Crippen molar-refractivity contribution in [3.05, 3.63) is 0 Å². The standard InChI is InChI=1S/C12H21F3N2O/c1-2-3-6-17(8-12(13,14)15)11(18)9-4-5-10(16)7-9/h9-10H,2-8,16H2,1H3/t9-,10-/m1/s1. The molecule has 1 fully saturated rings. The summed E-state index contributed by atoms with van der Waals surface area (Å²) < 4.78 is 37.3. The van der Waals surface area contributed by atoms with Crippen molar-refractivity contribution in [1.82, 2.24) is 4.90 Å². The summed E-state index contributed by atoms with van der Waals surface area (Å²) in [5.74, 6) is -0.701. The maximum Gasteiger partial charge on any atom is 0.406 e. The van der Waals surface area contributed by atoms with Gasteiger partial charge in [0.2, 0.25) is 5.91 Å². The largest absolute Gasteiger partial charge is 0.406 e. The number of amides is 1. The van der Waals surface area contributed by atoms with Crippen LogP contribution in [0.5, 0.6) is 0 Å². The van der Waals surface area contributed by atoms with E-state index in [-0.39, 0.29) is 24.4 Å². The Bertz CT molecular complexity index is 281. The molecule has 0 saturated heterocycles. The van der Waals surface area contributed by atoms with Gasteiger partial charge in [-0.05, 0) is 25.7 Å². The summed E-state index contributed by atoms with van der Waals surface area (Å²) in [6.45, 7) is 0.930. The first kappa shape index (κ1) is 15.3. The third-order valence-corrected chi connectivity index (χ3v) is 3.29. The molecule has 1 aliphatic rings. The highest BCUT2D eigenvalue weighted by molar-refractivity contribution is 5.79. The number of carbonyl (C=O) groups excluding carboxylic acids is 1. The lowest BCUT2D eigenvalue weighted by Crippen LogP contribution is -2.42. The van der Waals surface area contributed by atoms with Gasteiger partial charge in [-0.1, -0.05) is 13.3 Å². The highest BCUT2D eigenvalue weighted by Crippen LogP contribution is 2.27. The minimum Gasteiger partial charge on any atom is -0.333 e. The lowest BCUT2D eigenvalue weighted by atomic mass is 10.1. The molecule has 0 bridgehead atoms. The molecule has 18 heavy (non-hydrogen) atoms. The zero-order chi connectivity index (χ0) is 13.8. The minimum atomic E-state index is -4.33. The number of hydrogen-bond acceptors (Lipinski definition) is 2. The normalized spacial score (nSPS) is 24.3. The predicted molar refractivity (Wildman–Crippen MR) is 62.9 cm³/mol. The number of halogens is 3. The fourth-order valence-corrected chi connectivity index (χ4v) is 2.33. The summed E-state index contributed by atoms with van der Waals surface area (Å²) in [6.07, 6.45) is -1.11. The van der Waals surface area contributed by atoms with Crippen LogP contribution in [0.15, 0.2) is 0 Å². The van der Waals surface area contributed by atoms with Crippen LogP contribution >= 0.6 is 0 Å². The summed E-state index contributed by atoms with van der Waals surface area (Å²) in [5.41, 5.74) is 5.70. The van der Waals surface area contributed by atoms with Gasteiger partial charge in [0.05, 0.1) is 0 Å². The second-order valence-corrected chi connectivity index (χ2v) is 5.00. The maximum absolute atomic E-state index is 12.4. The zero-order valence-corrected chi connectivity index (χ0v) is 10.7. The van der Waals surface area contributed by atoms with Crippen molar-refractivity contribution in [2.75, 3.05) is 13.1 Å². The van der Waals surface area contributed by atoms with Crippen LogP contribution in [-0.4, -0.2) is 36.1 Å². The summed E-state index contributed by atoms with van der Waals surface area (Å²) in [7, 11) is 0. The third kappa shape index (κ3) is 4.84. The van der Waals surface area contributed by atoms with Gasteiger partial charge in [-0.3, -0.25) is 4.79 Å². The van der Waals surface area contributed by atoms with E-state index in [0.29, 0.717) is 19.3 Å². The van der Waals surface area contributed by atoms with E-state index in [1.807, 2.05) is 6.92 Å². The minimum absolute atomic E-state index is 0.0436. The Balaban J connectivity index is 2.60. The number of nitrogens with zero attached hydrogens (tertiary/aromatic N) is 1. The molecule has 2 atom stereocenters. The number of hydrogen-bond donors (Lipinski definition) is 1. The Morgan fingerprint density at radius 1 is 1.39 bits per heavy atom. The Morgan fingerprint density at radius 3 is 2.50 bits per heavy atom. The molecule has 0 heterocycles. The average Bonchev–Trinajstić information content (AvgIpc) is 2.68. The molecule has 0 unspecified atom stereocenters. The smallest absolute Gasteiger partial charge is 0.333 e. The molecule has 0 aromatic carbocycles. The molecule has 1 rings (SSSR count). The summed E-state index contributed by atoms with van der Waals surface area (Å²) in [5, 5.41) is 0. The van der Waals surface area contributed by atoms with Crippen molar-refractivity contribution < 1.29 is 18.0 Å². The van der Waals surface area contributed by atoms with Crippen molar-refractivity contribution in [3.8, 4) is 0 Å². The van der Waals surface area contributed by atoms with Gasteiger partial charge in [-0.2, -0.15) is 13.2 Å². The first-order valence-corrected chi connectivity index (χ1v) is 6.44. The lowest BCUT2D eigenvalue weighted by molar-refractivity contribution is -0.163. The first-order valence-electron chi connectivity index (χ1n) is 6.44. The van der Waals surface area contributed by atoms with Gasteiger partial charge < -0.3 is 10.6 Å². The Morgan fingerprint density at radius 2 is 2.06 bits per heavy atom. The van der Waals surface area contributed by atoms with E-state index in [4.69, 9.17) is 5.73 Å². The van der Waals surface area contributed by atoms with Crippen LogP contribution in [0.3, 0.4) is 0 Å². The molecule has 1 aliphatic carbocycles. The van der Waals surface area contributed by atoms with Crippen LogP contribution in [0.4, 0.5) is 13.2 Å². The monoisotopic (exact) mass is 266 g/mol. The van der Waals surface area contributed by atoms with Crippen LogP contribution in [0.2, 0.25) is 0 Å². The molecule has 0 spiro atoms.